The van der Waals surface area contributed by atoms with Gasteiger partial charge in [-0.3, -0.25) is 4.90 Å². The van der Waals surface area contributed by atoms with Crippen LogP contribution in [0.25, 0.3) is 0 Å². The quantitative estimate of drug-likeness (QED) is 0.742. The average Bonchev–Trinajstić information content (AvgIpc) is 2.40. The van der Waals surface area contributed by atoms with Crippen LogP contribution in [-0.4, -0.2) is 50.0 Å². The minimum Gasteiger partial charge on any atom is -0.395 e. The largest absolute Gasteiger partial charge is 0.395 e. The summed E-state index contributed by atoms with van der Waals surface area (Å²) in [5.41, 5.74) is 0.662. The van der Waals surface area contributed by atoms with Gasteiger partial charge in [-0.05, 0) is 74.7 Å². The van der Waals surface area contributed by atoms with Crippen molar-refractivity contribution in [3.63, 3.8) is 0 Å². The highest BCUT2D eigenvalue weighted by molar-refractivity contribution is 5.01. The summed E-state index contributed by atoms with van der Waals surface area (Å²) in [6.45, 7) is 3.96. The van der Waals surface area contributed by atoms with Crippen molar-refractivity contribution in [2.24, 2.45) is 23.2 Å². The fraction of sp³-hybridized carbons (Fsp3) is 1.00. The molecule has 0 atom stereocenters. The van der Waals surface area contributed by atoms with Crippen LogP contribution < -0.4 is 0 Å². The lowest BCUT2D eigenvalue weighted by molar-refractivity contribution is -0.0618. The van der Waals surface area contributed by atoms with E-state index in [2.05, 4.69) is 4.90 Å². The molecule has 0 aromatic rings. The lowest BCUT2D eigenvalue weighted by Crippen LogP contribution is -2.47. The van der Waals surface area contributed by atoms with Gasteiger partial charge in [-0.25, -0.2) is 0 Å². The maximum absolute atomic E-state index is 9.21. The van der Waals surface area contributed by atoms with Crippen molar-refractivity contribution in [3.05, 3.63) is 0 Å². The van der Waals surface area contributed by atoms with E-state index >= 15 is 0 Å². The predicted octanol–water partition coefficient (Wildman–Crippen LogP) is 2.53. The first-order valence-electron chi connectivity index (χ1n) is 8.55. The first-order chi connectivity index (χ1) is 9.73. The smallest absolute Gasteiger partial charge is 0.0589 e. The van der Waals surface area contributed by atoms with Gasteiger partial charge in [0, 0.05) is 20.2 Å². The molecule has 0 amide bonds. The number of hydrogen-bond donors (Lipinski definition) is 1. The predicted molar refractivity (Wildman–Crippen MR) is 80.6 cm³/mol. The molecule has 20 heavy (non-hydrogen) atoms. The maximum Gasteiger partial charge on any atom is 0.0589 e. The Morgan fingerprint density at radius 1 is 1.00 bits per heavy atom. The Labute approximate surface area is 123 Å². The van der Waals surface area contributed by atoms with Crippen molar-refractivity contribution in [2.45, 2.75) is 44.9 Å². The SMILES string of the molecule is COCCN(CCO)CCC12CC3CC(CC(C3)C1)C2. The van der Waals surface area contributed by atoms with Gasteiger partial charge in [0.2, 0.25) is 0 Å². The van der Waals surface area contributed by atoms with Crippen molar-refractivity contribution >= 4 is 0 Å². The molecule has 0 aromatic heterocycles. The summed E-state index contributed by atoms with van der Waals surface area (Å²) in [6, 6.07) is 0. The van der Waals surface area contributed by atoms with E-state index in [1.165, 1.54) is 44.9 Å². The Hall–Kier alpha value is -0.120. The standard InChI is InChI=1S/C17H31NO2/c1-20-7-5-18(4-6-19)3-2-17-11-14-8-15(12-17)10-16(9-14)13-17/h14-16,19H,2-13H2,1H3. The van der Waals surface area contributed by atoms with Crippen LogP contribution in [0.3, 0.4) is 0 Å². The Bertz CT molecular complexity index is 283. The van der Waals surface area contributed by atoms with E-state index in [-0.39, 0.29) is 6.61 Å². The van der Waals surface area contributed by atoms with E-state index in [1.54, 1.807) is 7.11 Å². The highest BCUT2D eigenvalue weighted by Crippen LogP contribution is 2.61. The molecule has 0 aliphatic heterocycles. The number of aliphatic hydroxyl groups excluding tert-OH is 1. The van der Waals surface area contributed by atoms with Crippen LogP contribution in [0.1, 0.15) is 44.9 Å². The van der Waals surface area contributed by atoms with Crippen LogP contribution >= 0.6 is 0 Å². The molecular formula is C17H31NO2. The number of aliphatic hydroxyl groups is 1. The summed E-state index contributed by atoms with van der Waals surface area (Å²) in [4.78, 5) is 2.39. The molecule has 4 aliphatic rings. The molecule has 0 saturated heterocycles. The highest BCUT2D eigenvalue weighted by Gasteiger charge is 2.50. The Balaban J connectivity index is 1.54. The van der Waals surface area contributed by atoms with Crippen molar-refractivity contribution in [2.75, 3.05) is 40.0 Å². The van der Waals surface area contributed by atoms with Gasteiger partial charge in [-0.1, -0.05) is 0 Å². The summed E-state index contributed by atoms with van der Waals surface area (Å²) in [5, 5.41) is 9.21. The lowest BCUT2D eigenvalue weighted by Gasteiger charge is -2.57. The third-order valence-corrected chi connectivity index (χ3v) is 6.15. The lowest BCUT2D eigenvalue weighted by atomic mass is 9.49. The summed E-state index contributed by atoms with van der Waals surface area (Å²) in [5.74, 6) is 3.14. The summed E-state index contributed by atoms with van der Waals surface area (Å²) >= 11 is 0. The average molecular weight is 281 g/mol. The first-order valence-corrected chi connectivity index (χ1v) is 8.55. The van der Waals surface area contributed by atoms with Crippen LogP contribution in [0.5, 0.6) is 0 Å². The van der Waals surface area contributed by atoms with Gasteiger partial charge in [0.05, 0.1) is 13.2 Å². The van der Waals surface area contributed by atoms with Crippen molar-refractivity contribution in [1.29, 1.82) is 0 Å². The van der Waals surface area contributed by atoms with Crippen LogP contribution in [0, 0.1) is 23.2 Å². The van der Waals surface area contributed by atoms with Gasteiger partial charge in [-0.2, -0.15) is 0 Å². The van der Waals surface area contributed by atoms with Crippen LogP contribution in [0.2, 0.25) is 0 Å². The molecule has 4 fully saturated rings. The molecule has 3 heteroatoms. The number of methoxy groups -OCH3 is 1. The molecule has 4 bridgehead atoms. The van der Waals surface area contributed by atoms with Gasteiger partial charge in [0.25, 0.3) is 0 Å². The fourth-order valence-electron chi connectivity index (χ4n) is 5.69. The van der Waals surface area contributed by atoms with Crippen molar-refractivity contribution < 1.29 is 9.84 Å². The van der Waals surface area contributed by atoms with Crippen LogP contribution in [0.4, 0.5) is 0 Å². The Morgan fingerprint density at radius 2 is 1.60 bits per heavy atom. The molecule has 4 rings (SSSR count). The molecule has 1 N–H and O–H groups in total. The summed E-state index contributed by atoms with van der Waals surface area (Å²) < 4.78 is 5.19. The molecule has 0 radical (unpaired) electrons. The highest BCUT2D eigenvalue weighted by atomic mass is 16.5. The zero-order chi connectivity index (χ0) is 14.0. The van der Waals surface area contributed by atoms with E-state index < -0.39 is 0 Å². The van der Waals surface area contributed by atoms with E-state index in [9.17, 15) is 5.11 Å². The minimum absolute atomic E-state index is 0.268. The van der Waals surface area contributed by atoms with E-state index in [0.29, 0.717) is 5.41 Å². The van der Waals surface area contributed by atoms with E-state index in [4.69, 9.17) is 4.74 Å². The zero-order valence-corrected chi connectivity index (χ0v) is 13.0. The van der Waals surface area contributed by atoms with E-state index in [1.807, 2.05) is 0 Å². The fourth-order valence-corrected chi connectivity index (χ4v) is 5.69. The van der Waals surface area contributed by atoms with Crippen LogP contribution in [-0.2, 0) is 4.74 Å². The number of rotatable bonds is 8. The minimum atomic E-state index is 0.268. The van der Waals surface area contributed by atoms with Gasteiger partial charge in [0.1, 0.15) is 0 Å². The molecule has 4 saturated carbocycles. The van der Waals surface area contributed by atoms with Crippen molar-refractivity contribution in [1.82, 2.24) is 4.90 Å². The maximum atomic E-state index is 9.21. The third-order valence-electron chi connectivity index (χ3n) is 6.15. The Kier molecular flexibility index (Phi) is 4.68. The summed E-state index contributed by atoms with van der Waals surface area (Å²) in [7, 11) is 1.76. The molecule has 0 aromatic carbocycles. The van der Waals surface area contributed by atoms with Gasteiger partial charge in [0.15, 0.2) is 0 Å². The second kappa shape index (κ2) is 6.33. The number of nitrogens with zero attached hydrogens (tertiary/aromatic N) is 1. The first kappa shape index (κ1) is 14.8. The van der Waals surface area contributed by atoms with Gasteiger partial charge in [-0.15, -0.1) is 0 Å². The molecule has 0 heterocycles. The molecule has 0 unspecified atom stereocenters. The van der Waals surface area contributed by atoms with Gasteiger partial charge >= 0.3 is 0 Å². The number of ether oxygens (including phenoxy) is 1. The second-order valence-electron chi connectivity index (χ2n) is 7.73. The Morgan fingerprint density at radius 3 is 2.10 bits per heavy atom. The number of hydrogen-bond acceptors (Lipinski definition) is 3. The second-order valence-corrected chi connectivity index (χ2v) is 7.73. The zero-order valence-electron chi connectivity index (χ0n) is 13.0. The van der Waals surface area contributed by atoms with Crippen molar-refractivity contribution in [3.8, 4) is 0 Å². The molecule has 4 aliphatic carbocycles. The summed E-state index contributed by atoms with van der Waals surface area (Å²) in [6.07, 6.45) is 10.4. The van der Waals surface area contributed by atoms with Gasteiger partial charge < -0.3 is 9.84 Å². The van der Waals surface area contributed by atoms with Crippen LogP contribution in [0.15, 0.2) is 0 Å². The third kappa shape index (κ3) is 3.20. The topological polar surface area (TPSA) is 32.7 Å². The molecule has 0 spiro atoms. The molecule has 116 valence electrons. The normalized spacial score (nSPS) is 38.9. The monoisotopic (exact) mass is 281 g/mol. The molecular weight excluding hydrogens is 250 g/mol. The molecule has 3 nitrogen and oxygen atoms in total. The van der Waals surface area contributed by atoms with E-state index in [0.717, 1.165) is 44.0 Å².